The lowest BCUT2D eigenvalue weighted by molar-refractivity contribution is -0.137. The number of hydrogen-bond acceptors (Lipinski definition) is 3. The van der Waals surface area contributed by atoms with Crippen LogP contribution in [0, 0.1) is 0 Å². The van der Waals surface area contributed by atoms with Crippen LogP contribution in [-0.4, -0.2) is 20.8 Å². The fourth-order valence-corrected chi connectivity index (χ4v) is 2.29. The lowest BCUT2D eigenvalue weighted by Crippen LogP contribution is -2.14. The van der Waals surface area contributed by atoms with E-state index in [2.05, 4.69) is 10.2 Å². The van der Waals surface area contributed by atoms with Gasteiger partial charge in [-0.25, -0.2) is 0 Å². The number of rotatable bonds is 4. The van der Waals surface area contributed by atoms with Crippen LogP contribution in [0.5, 0.6) is 0 Å². The molecule has 0 N–H and O–H groups in total. The third-order valence-electron chi connectivity index (χ3n) is 3.40. The molecule has 0 bridgehead atoms. The van der Waals surface area contributed by atoms with Gasteiger partial charge in [-0.05, 0) is 18.2 Å². The van der Waals surface area contributed by atoms with Gasteiger partial charge < -0.3 is 0 Å². The second kappa shape index (κ2) is 6.27. The van der Waals surface area contributed by atoms with Gasteiger partial charge in [0.2, 0.25) is 0 Å². The van der Waals surface area contributed by atoms with Gasteiger partial charge in [0.15, 0.2) is 5.78 Å². The molecule has 0 unspecified atom stereocenters. The van der Waals surface area contributed by atoms with Crippen molar-refractivity contribution in [3.05, 3.63) is 77.6 Å². The predicted octanol–water partition coefficient (Wildman–Crippen LogP) is 3.71. The number of benzene rings is 2. The van der Waals surface area contributed by atoms with Crippen LogP contribution in [0.3, 0.4) is 0 Å². The number of ketones is 1. The van der Waals surface area contributed by atoms with Crippen LogP contribution in [0.4, 0.5) is 13.2 Å². The van der Waals surface area contributed by atoms with Gasteiger partial charge in [-0.3, -0.25) is 4.79 Å². The molecule has 0 aliphatic heterocycles. The zero-order valence-electron chi connectivity index (χ0n) is 12.4. The molecular formula is C17H12F3N3O. The van der Waals surface area contributed by atoms with Gasteiger partial charge in [0.25, 0.3) is 0 Å². The Labute approximate surface area is 135 Å². The van der Waals surface area contributed by atoms with E-state index in [-0.39, 0.29) is 12.0 Å². The van der Waals surface area contributed by atoms with E-state index in [1.54, 1.807) is 12.1 Å². The first-order chi connectivity index (χ1) is 11.4. The zero-order valence-corrected chi connectivity index (χ0v) is 12.4. The SMILES string of the molecule is O=C(Cc1cnn(-c2ccccc2)n1)c1ccccc1C(F)(F)F. The lowest BCUT2D eigenvalue weighted by atomic mass is 10.0. The molecule has 7 heteroatoms. The van der Waals surface area contributed by atoms with Gasteiger partial charge in [-0.2, -0.15) is 28.2 Å². The molecule has 0 atom stereocenters. The van der Waals surface area contributed by atoms with Crippen molar-refractivity contribution in [3.63, 3.8) is 0 Å². The largest absolute Gasteiger partial charge is 0.417 e. The molecule has 0 saturated heterocycles. The molecule has 1 aromatic heterocycles. The van der Waals surface area contributed by atoms with Crippen molar-refractivity contribution in [1.82, 2.24) is 15.0 Å². The molecule has 0 aliphatic rings. The Hall–Kier alpha value is -2.96. The van der Waals surface area contributed by atoms with Gasteiger partial charge >= 0.3 is 6.18 Å². The molecule has 24 heavy (non-hydrogen) atoms. The van der Waals surface area contributed by atoms with Crippen LogP contribution in [0.2, 0.25) is 0 Å². The van der Waals surface area contributed by atoms with Gasteiger partial charge in [-0.15, -0.1) is 0 Å². The highest BCUT2D eigenvalue weighted by molar-refractivity contribution is 5.98. The summed E-state index contributed by atoms with van der Waals surface area (Å²) >= 11 is 0. The van der Waals surface area contributed by atoms with Gasteiger partial charge in [0.05, 0.1) is 29.6 Å². The van der Waals surface area contributed by atoms with E-state index < -0.39 is 17.5 Å². The first-order valence-electron chi connectivity index (χ1n) is 7.11. The van der Waals surface area contributed by atoms with Crippen molar-refractivity contribution in [3.8, 4) is 5.69 Å². The molecule has 0 aliphatic carbocycles. The summed E-state index contributed by atoms with van der Waals surface area (Å²) in [5.74, 6) is -0.650. The fourth-order valence-electron chi connectivity index (χ4n) is 2.29. The summed E-state index contributed by atoms with van der Waals surface area (Å²) in [6, 6.07) is 13.8. The average molecular weight is 331 g/mol. The highest BCUT2D eigenvalue weighted by atomic mass is 19.4. The van der Waals surface area contributed by atoms with E-state index in [1.165, 1.54) is 29.2 Å². The van der Waals surface area contributed by atoms with Crippen molar-refractivity contribution in [2.45, 2.75) is 12.6 Å². The minimum atomic E-state index is -4.58. The summed E-state index contributed by atoms with van der Waals surface area (Å²) in [5, 5.41) is 8.18. The number of carbonyl (C=O) groups is 1. The molecule has 0 spiro atoms. The maximum atomic E-state index is 13.0. The second-order valence-corrected chi connectivity index (χ2v) is 5.10. The molecule has 4 nitrogen and oxygen atoms in total. The number of alkyl halides is 3. The highest BCUT2D eigenvalue weighted by Crippen LogP contribution is 2.32. The number of carbonyl (C=O) groups excluding carboxylic acids is 1. The van der Waals surface area contributed by atoms with Crippen molar-refractivity contribution in [1.29, 1.82) is 0 Å². The smallest absolute Gasteiger partial charge is 0.294 e. The van der Waals surface area contributed by atoms with Gasteiger partial charge in [0, 0.05) is 5.56 Å². The topological polar surface area (TPSA) is 47.8 Å². The number of halogens is 3. The van der Waals surface area contributed by atoms with Crippen molar-refractivity contribution >= 4 is 5.78 Å². The van der Waals surface area contributed by atoms with E-state index in [1.807, 2.05) is 18.2 Å². The van der Waals surface area contributed by atoms with Crippen LogP contribution >= 0.6 is 0 Å². The number of aromatic nitrogens is 3. The molecule has 122 valence electrons. The Morgan fingerprint density at radius 2 is 1.67 bits per heavy atom. The number of para-hydroxylation sites is 1. The maximum absolute atomic E-state index is 13.0. The standard InChI is InChI=1S/C17H12F3N3O/c18-17(19,20)15-9-5-4-8-14(15)16(24)10-12-11-21-23(22-12)13-6-2-1-3-7-13/h1-9,11H,10H2. The molecule has 3 rings (SSSR count). The fraction of sp³-hybridized carbons (Fsp3) is 0.118. The predicted molar refractivity (Wildman–Crippen MR) is 80.8 cm³/mol. The summed E-state index contributed by atoms with van der Waals surface area (Å²) in [7, 11) is 0. The third kappa shape index (κ3) is 3.34. The van der Waals surface area contributed by atoms with Crippen molar-refractivity contribution in [2.75, 3.05) is 0 Å². The Kier molecular flexibility index (Phi) is 4.16. The molecular weight excluding hydrogens is 319 g/mol. The minimum Gasteiger partial charge on any atom is -0.294 e. The minimum absolute atomic E-state index is 0.250. The molecule has 0 amide bonds. The summed E-state index contributed by atoms with van der Waals surface area (Å²) in [6.07, 6.45) is -3.45. The number of Topliss-reactive ketones (excluding diaryl/α,β-unsaturated/α-hetero) is 1. The molecule has 3 aromatic rings. The molecule has 2 aromatic carbocycles. The van der Waals surface area contributed by atoms with Crippen LogP contribution in [0.25, 0.3) is 5.69 Å². The summed E-state index contributed by atoms with van der Waals surface area (Å²) in [6.45, 7) is 0. The van der Waals surface area contributed by atoms with Crippen molar-refractivity contribution in [2.24, 2.45) is 0 Å². The molecule has 0 fully saturated rings. The summed E-state index contributed by atoms with van der Waals surface area (Å²) < 4.78 is 39.0. The first-order valence-corrected chi connectivity index (χ1v) is 7.11. The third-order valence-corrected chi connectivity index (χ3v) is 3.40. The Bertz CT molecular complexity index is 857. The monoisotopic (exact) mass is 331 g/mol. The Morgan fingerprint density at radius 1 is 1.00 bits per heavy atom. The summed E-state index contributed by atoms with van der Waals surface area (Å²) in [5.41, 5.74) is -0.294. The Morgan fingerprint density at radius 3 is 2.38 bits per heavy atom. The van der Waals surface area contributed by atoms with Crippen LogP contribution in [0.1, 0.15) is 21.6 Å². The van der Waals surface area contributed by atoms with Crippen LogP contribution in [0.15, 0.2) is 60.8 Å². The number of hydrogen-bond donors (Lipinski definition) is 0. The summed E-state index contributed by atoms with van der Waals surface area (Å²) in [4.78, 5) is 13.6. The number of nitrogens with zero attached hydrogens (tertiary/aromatic N) is 3. The Balaban J connectivity index is 1.83. The van der Waals surface area contributed by atoms with E-state index in [9.17, 15) is 18.0 Å². The van der Waals surface area contributed by atoms with Crippen molar-refractivity contribution < 1.29 is 18.0 Å². The molecule has 0 radical (unpaired) electrons. The van der Waals surface area contributed by atoms with Gasteiger partial charge in [0.1, 0.15) is 0 Å². The first kappa shape index (κ1) is 15.9. The quantitative estimate of drug-likeness (QED) is 0.685. The van der Waals surface area contributed by atoms with E-state index >= 15 is 0 Å². The van der Waals surface area contributed by atoms with E-state index in [4.69, 9.17) is 0 Å². The molecule has 1 heterocycles. The van der Waals surface area contributed by atoms with Crippen LogP contribution in [-0.2, 0) is 12.6 Å². The van der Waals surface area contributed by atoms with Crippen LogP contribution < -0.4 is 0 Å². The normalized spacial score (nSPS) is 11.5. The zero-order chi connectivity index (χ0) is 17.2. The highest BCUT2D eigenvalue weighted by Gasteiger charge is 2.34. The maximum Gasteiger partial charge on any atom is 0.417 e. The second-order valence-electron chi connectivity index (χ2n) is 5.10. The molecule has 0 saturated carbocycles. The lowest BCUT2D eigenvalue weighted by Gasteiger charge is -2.11. The average Bonchev–Trinajstić information content (AvgIpc) is 3.03. The van der Waals surface area contributed by atoms with E-state index in [0.29, 0.717) is 11.4 Å². The van der Waals surface area contributed by atoms with E-state index in [0.717, 1.165) is 6.07 Å². The van der Waals surface area contributed by atoms with Gasteiger partial charge in [-0.1, -0.05) is 36.4 Å².